The third-order valence-corrected chi connectivity index (χ3v) is 5.53. The molecular weight excluding hydrogens is 364 g/mol. The van der Waals surface area contributed by atoms with E-state index in [1.54, 1.807) is 24.3 Å². The first-order chi connectivity index (χ1) is 14.0. The van der Waals surface area contributed by atoms with Gasteiger partial charge in [-0.3, -0.25) is 9.69 Å². The minimum atomic E-state index is -0.920. The van der Waals surface area contributed by atoms with Crippen LogP contribution in [-0.4, -0.2) is 27.5 Å². The van der Waals surface area contributed by atoms with Gasteiger partial charge in [-0.15, -0.1) is 0 Å². The third kappa shape index (κ3) is 4.15. The Bertz CT molecular complexity index is 1090. The number of aryl methyl sites for hydroxylation is 1. The van der Waals surface area contributed by atoms with E-state index in [0.717, 1.165) is 48.4 Å². The van der Waals surface area contributed by atoms with Crippen molar-refractivity contribution in [3.63, 3.8) is 0 Å². The van der Waals surface area contributed by atoms with Crippen molar-refractivity contribution in [1.82, 2.24) is 9.88 Å². The second-order valence-electron chi connectivity index (χ2n) is 7.63. The SMILES string of the molecule is Cc1cc(=O)cc([C@@H]2CCCN2Cc2ccc(-c3ccccc3C(=O)O)cc2)[nH]1. The normalized spacial score (nSPS) is 16.8. The predicted molar refractivity (Wildman–Crippen MR) is 113 cm³/mol. The number of H-pyrrole nitrogens is 1. The van der Waals surface area contributed by atoms with E-state index in [4.69, 9.17) is 0 Å². The van der Waals surface area contributed by atoms with E-state index < -0.39 is 5.97 Å². The van der Waals surface area contributed by atoms with Crippen LogP contribution in [0.4, 0.5) is 0 Å². The van der Waals surface area contributed by atoms with Gasteiger partial charge < -0.3 is 10.1 Å². The molecule has 2 N–H and O–H groups in total. The zero-order valence-electron chi connectivity index (χ0n) is 16.4. The molecule has 1 aromatic heterocycles. The molecule has 0 amide bonds. The molecule has 148 valence electrons. The summed E-state index contributed by atoms with van der Waals surface area (Å²) in [5, 5.41) is 9.42. The first-order valence-electron chi connectivity index (χ1n) is 9.88. The van der Waals surface area contributed by atoms with E-state index >= 15 is 0 Å². The van der Waals surface area contributed by atoms with Crippen LogP contribution in [0.2, 0.25) is 0 Å². The Balaban J connectivity index is 1.54. The Hall–Kier alpha value is -3.18. The zero-order chi connectivity index (χ0) is 20.4. The van der Waals surface area contributed by atoms with Crippen molar-refractivity contribution in [2.75, 3.05) is 6.54 Å². The van der Waals surface area contributed by atoms with Crippen molar-refractivity contribution < 1.29 is 9.90 Å². The summed E-state index contributed by atoms with van der Waals surface area (Å²) in [7, 11) is 0. The second-order valence-corrected chi connectivity index (χ2v) is 7.63. The largest absolute Gasteiger partial charge is 0.478 e. The summed E-state index contributed by atoms with van der Waals surface area (Å²) in [5.41, 5.74) is 5.02. The van der Waals surface area contributed by atoms with Crippen molar-refractivity contribution in [2.24, 2.45) is 0 Å². The summed E-state index contributed by atoms with van der Waals surface area (Å²) in [5.74, 6) is -0.920. The average molecular weight is 388 g/mol. The van der Waals surface area contributed by atoms with Gasteiger partial charge in [-0.25, -0.2) is 4.79 Å². The number of rotatable bonds is 5. The number of carboxylic acid groups (broad SMARTS) is 1. The van der Waals surface area contributed by atoms with Gasteiger partial charge in [0.1, 0.15) is 0 Å². The first-order valence-corrected chi connectivity index (χ1v) is 9.88. The van der Waals surface area contributed by atoms with Gasteiger partial charge in [0.25, 0.3) is 0 Å². The molecule has 3 aromatic rings. The summed E-state index contributed by atoms with van der Waals surface area (Å²) in [6.45, 7) is 3.70. The smallest absolute Gasteiger partial charge is 0.336 e. The Labute approximate surface area is 169 Å². The lowest BCUT2D eigenvalue weighted by Gasteiger charge is -2.25. The van der Waals surface area contributed by atoms with Crippen LogP contribution in [0, 0.1) is 6.92 Å². The maximum atomic E-state index is 11.9. The number of aromatic carboxylic acids is 1. The standard InChI is InChI=1S/C24H24N2O3/c1-16-13-19(27)14-22(25-16)23-7-4-12-26(23)15-17-8-10-18(11-9-17)20-5-2-3-6-21(20)24(28)29/h2-3,5-6,8-11,13-14,23H,4,7,12,15H2,1H3,(H,25,27)(H,28,29)/t23-/m0/s1. The molecule has 0 unspecified atom stereocenters. The fourth-order valence-electron chi connectivity index (χ4n) is 4.20. The number of carboxylic acids is 1. The van der Waals surface area contributed by atoms with Crippen LogP contribution in [0.15, 0.2) is 65.5 Å². The van der Waals surface area contributed by atoms with Crippen LogP contribution in [0.1, 0.15) is 46.2 Å². The van der Waals surface area contributed by atoms with E-state index in [-0.39, 0.29) is 11.5 Å². The number of nitrogens with zero attached hydrogens (tertiary/aromatic N) is 1. The number of aromatic nitrogens is 1. The fourth-order valence-corrected chi connectivity index (χ4v) is 4.20. The summed E-state index contributed by atoms with van der Waals surface area (Å²) in [6.07, 6.45) is 2.13. The van der Waals surface area contributed by atoms with E-state index in [9.17, 15) is 14.7 Å². The molecule has 1 saturated heterocycles. The van der Waals surface area contributed by atoms with Crippen LogP contribution >= 0.6 is 0 Å². The quantitative estimate of drug-likeness (QED) is 0.680. The average Bonchev–Trinajstić information content (AvgIpc) is 3.16. The third-order valence-electron chi connectivity index (χ3n) is 5.53. The number of hydrogen-bond acceptors (Lipinski definition) is 3. The van der Waals surface area contributed by atoms with Crippen LogP contribution in [0.5, 0.6) is 0 Å². The van der Waals surface area contributed by atoms with Gasteiger partial charge in [0.2, 0.25) is 0 Å². The van der Waals surface area contributed by atoms with Gasteiger partial charge in [-0.05, 0) is 49.1 Å². The molecule has 1 atom stereocenters. The molecule has 5 heteroatoms. The Morgan fingerprint density at radius 3 is 2.62 bits per heavy atom. The first kappa shape index (κ1) is 19.2. The number of nitrogens with one attached hydrogen (secondary N) is 1. The number of aromatic amines is 1. The minimum Gasteiger partial charge on any atom is -0.478 e. The van der Waals surface area contributed by atoms with Gasteiger partial charge in [-0.2, -0.15) is 0 Å². The van der Waals surface area contributed by atoms with Gasteiger partial charge in [-0.1, -0.05) is 42.5 Å². The molecule has 0 bridgehead atoms. The highest BCUT2D eigenvalue weighted by Crippen LogP contribution is 2.32. The lowest BCUT2D eigenvalue weighted by atomic mass is 9.98. The molecule has 0 spiro atoms. The Morgan fingerprint density at radius 2 is 1.90 bits per heavy atom. The van der Waals surface area contributed by atoms with Crippen molar-refractivity contribution in [3.8, 4) is 11.1 Å². The summed E-state index contributed by atoms with van der Waals surface area (Å²) < 4.78 is 0. The summed E-state index contributed by atoms with van der Waals surface area (Å²) in [4.78, 5) is 29.1. The van der Waals surface area contributed by atoms with Gasteiger partial charge in [0, 0.05) is 30.1 Å². The maximum Gasteiger partial charge on any atom is 0.336 e. The number of hydrogen-bond donors (Lipinski definition) is 2. The number of benzene rings is 2. The lowest BCUT2D eigenvalue weighted by Crippen LogP contribution is -2.24. The maximum absolute atomic E-state index is 11.9. The predicted octanol–water partition coefficient (Wildman–Crippen LogP) is 4.39. The number of carbonyl (C=O) groups is 1. The van der Waals surface area contributed by atoms with Crippen molar-refractivity contribution in [1.29, 1.82) is 0 Å². The number of pyridine rings is 1. The molecular formula is C24H24N2O3. The highest BCUT2D eigenvalue weighted by atomic mass is 16.4. The molecule has 29 heavy (non-hydrogen) atoms. The van der Waals surface area contributed by atoms with Crippen molar-refractivity contribution >= 4 is 5.97 Å². The monoisotopic (exact) mass is 388 g/mol. The number of likely N-dealkylation sites (tertiary alicyclic amines) is 1. The van der Waals surface area contributed by atoms with E-state index in [1.807, 2.05) is 31.2 Å². The van der Waals surface area contributed by atoms with Gasteiger partial charge in [0.15, 0.2) is 5.43 Å². The highest BCUT2D eigenvalue weighted by Gasteiger charge is 2.27. The highest BCUT2D eigenvalue weighted by molar-refractivity contribution is 5.95. The van der Waals surface area contributed by atoms with Crippen LogP contribution < -0.4 is 5.43 Å². The summed E-state index contributed by atoms with van der Waals surface area (Å²) >= 11 is 0. The second kappa shape index (κ2) is 8.05. The van der Waals surface area contributed by atoms with Crippen molar-refractivity contribution in [2.45, 2.75) is 32.4 Å². The Morgan fingerprint density at radius 1 is 1.14 bits per heavy atom. The molecule has 5 nitrogen and oxygen atoms in total. The molecule has 4 rings (SSSR count). The topological polar surface area (TPSA) is 73.4 Å². The van der Waals surface area contributed by atoms with Gasteiger partial charge >= 0.3 is 5.97 Å². The molecule has 1 aliphatic heterocycles. The fraction of sp³-hybridized carbons (Fsp3) is 0.250. The molecule has 2 aromatic carbocycles. The molecule has 1 aliphatic rings. The van der Waals surface area contributed by atoms with Crippen LogP contribution in [0.3, 0.4) is 0 Å². The molecule has 0 radical (unpaired) electrons. The zero-order valence-corrected chi connectivity index (χ0v) is 16.4. The van der Waals surface area contributed by atoms with E-state index in [0.29, 0.717) is 5.56 Å². The molecule has 1 fully saturated rings. The van der Waals surface area contributed by atoms with Crippen molar-refractivity contribution in [3.05, 3.63) is 93.4 Å². The summed E-state index contributed by atoms with van der Waals surface area (Å²) in [6, 6.07) is 18.7. The lowest BCUT2D eigenvalue weighted by molar-refractivity contribution is 0.0697. The van der Waals surface area contributed by atoms with E-state index in [2.05, 4.69) is 22.0 Å². The molecule has 2 heterocycles. The van der Waals surface area contributed by atoms with Gasteiger partial charge in [0.05, 0.1) is 11.6 Å². The van der Waals surface area contributed by atoms with E-state index in [1.165, 1.54) is 5.56 Å². The van der Waals surface area contributed by atoms with Crippen LogP contribution in [-0.2, 0) is 6.54 Å². The molecule has 0 aliphatic carbocycles. The molecule has 0 saturated carbocycles. The minimum absolute atomic E-state index is 0.0459. The van der Waals surface area contributed by atoms with Crippen LogP contribution in [0.25, 0.3) is 11.1 Å². The Kier molecular flexibility index (Phi) is 5.32.